The van der Waals surface area contributed by atoms with E-state index in [2.05, 4.69) is 0 Å². The van der Waals surface area contributed by atoms with E-state index in [0.717, 1.165) is 6.26 Å². The van der Waals surface area contributed by atoms with E-state index in [0.29, 0.717) is 22.8 Å². The van der Waals surface area contributed by atoms with Gasteiger partial charge >= 0.3 is 11.6 Å². The molecule has 142 valence electrons. The fourth-order valence-corrected chi connectivity index (χ4v) is 2.78. The van der Waals surface area contributed by atoms with Crippen molar-refractivity contribution in [2.24, 2.45) is 0 Å². The van der Waals surface area contributed by atoms with Crippen molar-refractivity contribution >= 4 is 28.8 Å². The van der Waals surface area contributed by atoms with Gasteiger partial charge in [0.05, 0.1) is 18.9 Å². The zero-order valence-electron chi connectivity index (χ0n) is 14.9. The molecule has 7 heteroatoms. The number of aliphatic carboxylic acids is 1. The molecule has 1 N–H and O–H groups in total. The molecule has 0 fully saturated rings. The Morgan fingerprint density at radius 2 is 1.89 bits per heavy atom. The van der Waals surface area contributed by atoms with Crippen LogP contribution >= 0.6 is 0 Å². The number of carboxylic acids is 1. The van der Waals surface area contributed by atoms with Gasteiger partial charge in [-0.25, -0.2) is 9.59 Å². The number of carbonyl (C=O) groups excluding carboxylic acids is 1. The lowest BCUT2D eigenvalue weighted by molar-refractivity contribution is -0.130. The zero-order chi connectivity index (χ0) is 20.1. The normalized spacial score (nSPS) is 11.2. The van der Waals surface area contributed by atoms with Gasteiger partial charge in [-0.3, -0.25) is 4.79 Å². The van der Waals surface area contributed by atoms with Crippen LogP contribution in [0.5, 0.6) is 5.75 Å². The van der Waals surface area contributed by atoms with Crippen LogP contribution in [0.25, 0.3) is 16.5 Å². The largest absolute Gasteiger partial charge is 0.503 e. The molecule has 7 nitrogen and oxygen atoms in total. The second kappa shape index (κ2) is 8.22. The highest BCUT2D eigenvalue weighted by atomic mass is 16.5. The molecule has 1 aromatic heterocycles. The average molecular weight is 380 g/mol. The van der Waals surface area contributed by atoms with Gasteiger partial charge in [0.1, 0.15) is 17.9 Å². The SMILES string of the molecule is COC=C(C(=O)O)c1ccccc1COc1ccc2ccc(=O)oc2c1C=O. The molecule has 0 aliphatic heterocycles. The Morgan fingerprint density at radius 3 is 2.61 bits per heavy atom. The van der Waals surface area contributed by atoms with Crippen LogP contribution in [0, 0.1) is 0 Å². The lowest BCUT2D eigenvalue weighted by Crippen LogP contribution is -2.07. The summed E-state index contributed by atoms with van der Waals surface area (Å²) in [6, 6.07) is 12.9. The predicted octanol–water partition coefficient (Wildman–Crippen LogP) is 3.26. The van der Waals surface area contributed by atoms with Crippen molar-refractivity contribution in [2.45, 2.75) is 6.61 Å². The van der Waals surface area contributed by atoms with Gasteiger partial charge in [-0.2, -0.15) is 0 Å². The summed E-state index contributed by atoms with van der Waals surface area (Å²) in [6.45, 7) is -0.00603. The summed E-state index contributed by atoms with van der Waals surface area (Å²) in [7, 11) is 1.36. The summed E-state index contributed by atoms with van der Waals surface area (Å²) >= 11 is 0. The Kier molecular flexibility index (Phi) is 5.55. The van der Waals surface area contributed by atoms with Gasteiger partial charge < -0.3 is 19.0 Å². The van der Waals surface area contributed by atoms with Crippen LogP contribution in [0.15, 0.2) is 64.0 Å². The zero-order valence-corrected chi connectivity index (χ0v) is 14.9. The number of benzene rings is 2. The molecule has 0 bridgehead atoms. The van der Waals surface area contributed by atoms with Crippen LogP contribution in [0.3, 0.4) is 0 Å². The van der Waals surface area contributed by atoms with Crippen molar-refractivity contribution in [1.29, 1.82) is 0 Å². The molecule has 0 atom stereocenters. The first-order valence-corrected chi connectivity index (χ1v) is 8.24. The summed E-state index contributed by atoms with van der Waals surface area (Å²) in [6.07, 6.45) is 1.70. The smallest absolute Gasteiger partial charge is 0.339 e. The van der Waals surface area contributed by atoms with Gasteiger partial charge in [-0.15, -0.1) is 0 Å². The van der Waals surface area contributed by atoms with Gasteiger partial charge in [0, 0.05) is 11.5 Å². The number of ether oxygens (including phenoxy) is 2. The van der Waals surface area contributed by atoms with Crippen LogP contribution in [0.2, 0.25) is 0 Å². The molecule has 0 aliphatic carbocycles. The molecular formula is C21H16O7. The number of carbonyl (C=O) groups is 2. The van der Waals surface area contributed by atoms with Gasteiger partial charge in [-0.1, -0.05) is 24.3 Å². The standard InChI is InChI=1S/C21H16O7/c1-26-12-17(21(24)25)15-5-3-2-4-14(15)11-27-18-8-6-13-7-9-19(23)28-20(13)16(18)10-22/h2-10,12H,11H2,1H3,(H,24,25). The van der Waals surface area contributed by atoms with Gasteiger partial charge in [0.15, 0.2) is 11.9 Å². The monoisotopic (exact) mass is 380 g/mol. The van der Waals surface area contributed by atoms with Crippen molar-refractivity contribution in [2.75, 3.05) is 7.11 Å². The van der Waals surface area contributed by atoms with E-state index in [-0.39, 0.29) is 29.1 Å². The van der Waals surface area contributed by atoms with Crippen LogP contribution in [-0.4, -0.2) is 24.5 Å². The summed E-state index contributed by atoms with van der Waals surface area (Å²) in [5.74, 6) is -0.922. The Labute approximate surface area is 159 Å². The number of hydrogen-bond acceptors (Lipinski definition) is 6. The van der Waals surface area contributed by atoms with Gasteiger partial charge in [0.25, 0.3) is 0 Å². The van der Waals surface area contributed by atoms with Gasteiger partial charge in [-0.05, 0) is 29.3 Å². The number of rotatable bonds is 7. The minimum atomic E-state index is -1.14. The van der Waals surface area contributed by atoms with Crippen LogP contribution in [0.4, 0.5) is 0 Å². The Balaban J connectivity index is 1.98. The Bertz CT molecular complexity index is 1130. The van der Waals surface area contributed by atoms with E-state index >= 15 is 0 Å². The maximum absolute atomic E-state index is 11.6. The molecule has 0 saturated heterocycles. The predicted molar refractivity (Wildman–Crippen MR) is 101 cm³/mol. The third-order valence-corrected chi connectivity index (χ3v) is 4.06. The fourth-order valence-electron chi connectivity index (χ4n) is 2.78. The first kappa shape index (κ1) is 18.9. The molecular weight excluding hydrogens is 364 g/mol. The Hall–Kier alpha value is -3.87. The quantitative estimate of drug-likeness (QED) is 0.290. The van der Waals surface area contributed by atoms with E-state index in [4.69, 9.17) is 13.9 Å². The molecule has 0 aliphatic rings. The lowest BCUT2D eigenvalue weighted by atomic mass is 10.0. The van der Waals surface area contributed by atoms with E-state index in [1.807, 2.05) is 0 Å². The van der Waals surface area contributed by atoms with E-state index in [1.54, 1.807) is 42.5 Å². The number of aldehydes is 1. The minimum Gasteiger partial charge on any atom is -0.503 e. The molecule has 2 aromatic carbocycles. The highest BCUT2D eigenvalue weighted by Gasteiger charge is 2.16. The fraction of sp³-hybridized carbons (Fsp3) is 0.0952. The van der Waals surface area contributed by atoms with Crippen molar-refractivity contribution in [1.82, 2.24) is 0 Å². The molecule has 28 heavy (non-hydrogen) atoms. The van der Waals surface area contributed by atoms with Crippen LogP contribution in [0.1, 0.15) is 21.5 Å². The average Bonchev–Trinajstić information content (AvgIpc) is 2.70. The molecule has 1 heterocycles. The second-order valence-electron chi connectivity index (χ2n) is 5.79. The third kappa shape index (κ3) is 3.78. The van der Waals surface area contributed by atoms with Crippen molar-refractivity contribution < 1.29 is 28.6 Å². The number of carboxylic acid groups (broad SMARTS) is 1. The Morgan fingerprint density at radius 1 is 1.14 bits per heavy atom. The molecule has 0 amide bonds. The lowest BCUT2D eigenvalue weighted by Gasteiger charge is -2.13. The van der Waals surface area contributed by atoms with Crippen LogP contribution < -0.4 is 10.4 Å². The highest BCUT2D eigenvalue weighted by molar-refractivity contribution is 6.15. The summed E-state index contributed by atoms with van der Waals surface area (Å²) in [4.78, 5) is 34.6. The van der Waals surface area contributed by atoms with Crippen LogP contribution in [-0.2, 0) is 16.1 Å². The van der Waals surface area contributed by atoms with E-state index in [9.17, 15) is 19.5 Å². The van der Waals surface area contributed by atoms with E-state index < -0.39 is 11.6 Å². The molecule has 3 aromatic rings. The summed E-state index contributed by atoms with van der Waals surface area (Å²) in [5.41, 5.74) is 0.657. The molecule has 0 spiro atoms. The molecule has 3 rings (SSSR count). The summed E-state index contributed by atoms with van der Waals surface area (Å²) < 4.78 is 15.7. The first-order valence-electron chi connectivity index (χ1n) is 8.24. The highest BCUT2D eigenvalue weighted by Crippen LogP contribution is 2.28. The molecule has 0 radical (unpaired) electrons. The maximum atomic E-state index is 11.6. The van der Waals surface area contributed by atoms with Crippen molar-refractivity contribution in [3.8, 4) is 5.75 Å². The van der Waals surface area contributed by atoms with Crippen molar-refractivity contribution in [3.05, 3.63) is 81.9 Å². The van der Waals surface area contributed by atoms with Gasteiger partial charge in [0.2, 0.25) is 0 Å². The topological polar surface area (TPSA) is 103 Å². The minimum absolute atomic E-state index is 0.00603. The number of methoxy groups -OCH3 is 1. The molecule has 0 unspecified atom stereocenters. The first-order chi connectivity index (χ1) is 13.5. The third-order valence-electron chi connectivity index (χ3n) is 4.06. The van der Waals surface area contributed by atoms with E-state index in [1.165, 1.54) is 13.2 Å². The summed E-state index contributed by atoms with van der Waals surface area (Å²) in [5, 5.41) is 10.0. The van der Waals surface area contributed by atoms with Crippen molar-refractivity contribution in [3.63, 3.8) is 0 Å². The second-order valence-corrected chi connectivity index (χ2v) is 5.79. The molecule has 0 saturated carbocycles. The number of hydrogen-bond donors (Lipinski definition) is 1. The number of fused-ring (bicyclic) bond motifs is 1. The maximum Gasteiger partial charge on any atom is 0.339 e.